The maximum Gasteiger partial charge on any atom is 0.408 e. The van der Waals surface area contributed by atoms with E-state index in [1.165, 1.54) is 0 Å². The van der Waals surface area contributed by atoms with Gasteiger partial charge in [-0.2, -0.15) is 0 Å². The van der Waals surface area contributed by atoms with Crippen molar-refractivity contribution in [2.24, 2.45) is 7.05 Å². The fourth-order valence-electron chi connectivity index (χ4n) is 1.47. The van der Waals surface area contributed by atoms with E-state index in [-0.39, 0.29) is 6.42 Å². The standard InChI is InChI=1S/C12H19N3O4/c1-12(2,3)19-11(18)14-8(5-10(16)17)9-6-15(4)7-13-9/h6-8H,5H2,1-4H3,(H,14,18)(H,16,17)/t8-/m0/s1. The minimum absolute atomic E-state index is 0.254. The summed E-state index contributed by atoms with van der Waals surface area (Å²) in [5.41, 5.74) is -0.155. The summed E-state index contributed by atoms with van der Waals surface area (Å²) in [5.74, 6) is -1.02. The first-order valence-corrected chi connectivity index (χ1v) is 5.86. The maximum atomic E-state index is 11.7. The molecule has 0 spiro atoms. The number of carbonyl (C=O) groups excluding carboxylic acids is 1. The molecule has 0 aliphatic carbocycles. The molecule has 106 valence electrons. The Morgan fingerprint density at radius 2 is 2.16 bits per heavy atom. The van der Waals surface area contributed by atoms with E-state index in [0.29, 0.717) is 5.69 Å². The highest BCUT2D eigenvalue weighted by Gasteiger charge is 2.23. The van der Waals surface area contributed by atoms with Gasteiger partial charge in [0.25, 0.3) is 0 Å². The number of hydrogen-bond acceptors (Lipinski definition) is 4. The van der Waals surface area contributed by atoms with Gasteiger partial charge >= 0.3 is 12.1 Å². The van der Waals surface area contributed by atoms with E-state index < -0.39 is 23.7 Å². The first-order chi connectivity index (χ1) is 8.67. The number of carboxylic acid groups (broad SMARTS) is 1. The minimum atomic E-state index is -1.02. The molecule has 1 aromatic heterocycles. The van der Waals surface area contributed by atoms with Crippen LogP contribution in [0, 0.1) is 0 Å². The van der Waals surface area contributed by atoms with Gasteiger partial charge in [0, 0.05) is 13.2 Å². The predicted octanol–water partition coefficient (Wildman–Crippen LogP) is 1.46. The molecule has 2 N–H and O–H groups in total. The van der Waals surface area contributed by atoms with Crippen molar-refractivity contribution in [3.05, 3.63) is 18.2 Å². The zero-order chi connectivity index (χ0) is 14.6. The van der Waals surface area contributed by atoms with Crippen LogP contribution in [0.3, 0.4) is 0 Å². The second-order valence-electron chi connectivity index (χ2n) is 5.26. The Balaban J connectivity index is 2.76. The van der Waals surface area contributed by atoms with Gasteiger partial charge in [0.15, 0.2) is 0 Å². The van der Waals surface area contributed by atoms with Crippen LogP contribution in [0.4, 0.5) is 4.79 Å². The zero-order valence-corrected chi connectivity index (χ0v) is 11.5. The van der Waals surface area contributed by atoms with Gasteiger partial charge in [0.05, 0.1) is 24.5 Å². The third kappa shape index (κ3) is 5.41. The van der Waals surface area contributed by atoms with Crippen molar-refractivity contribution in [2.75, 3.05) is 0 Å². The van der Waals surface area contributed by atoms with Crippen LogP contribution < -0.4 is 5.32 Å². The molecule has 7 heteroatoms. The molecule has 7 nitrogen and oxygen atoms in total. The molecule has 0 aromatic carbocycles. The second-order valence-corrected chi connectivity index (χ2v) is 5.26. The highest BCUT2D eigenvalue weighted by molar-refractivity contribution is 5.71. The van der Waals surface area contributed by atoms with Crippen molar-refractivity contribution >= 4 is 12.1 Å². The first-order valence-electron chi connectivity index (χ1n) is 5.86. The molecule has 0 unspecified atom stereocenters. The van der Waals surface area contributed by atoms with Crippen molar-refractivity contribution in [2.45, 2.75) is 38.8 Å². The van der Waals surface area contributed by atoms with Crippen LogP contribution in [0.1, 0.15) is 38.9 Å². The van der Waals surface area contributed by atoms with E-state index in [0.717, 1.165) is 0 Å². The molecule has 0 saturated carbocycles. The van der Waals surface area contributed by atoms with Gasteiger partial charge in [-0.1, -0.05) is 0 Å². The average Bonchev–Trinajstić information content (AvgIpc) is 2.60. The summed E-state index contributed by atoms with van der Waals surface area (Å²) < 4.78 is 6.78. The Bertz CT molecular complexity index is 462. The number of hydrogen-bond donors (Lipinski definition) is 2. The van der Waals surface area contributed by atoms with E-state index >= 15 is 0 Å². The molecule has 19 heavy (non-hydrogen) atoms. The van der Waals surface area contributed by atoms with Gasteiger partial charge < -0.3 is 19.7 Å². The van der Waals surface area contributed by atoms with Crippen molar-refractivity contribution in [1.82, 2.24) is 14.9 Å². The topological polar surface area (TPSA) is 93.5 Å². The van der Waals surface area contributed by atoms with E-state index in [1.54, 1.807) is 44.9 Å². The van der Waals surface area contributed by atoms with Gasteiger partial charge in [-0.05, 0) is 20.8 Å². The summed E-state index contributed by atoms with van der Waals surface area (Å²) in [6.07, 6.45) is 2.28. The zero-order valence-electron chi connectivity index (χ0n) is 11.5. The van der Waals surface area contributed by atoms with Crippen LogP contribution in [-0.2, 0) is 16.6 Å². The Hall–Kier alpha value is -2.05. The fourth-order valence-corrected chi connectivity index (χ4v) is 1.47. The highest BCUT2D eigenvalue weighted by Crippen LogP contribution is 2.16. The summed E-state index contributed by atoms with van der Waals surface area (Å²) >= 11 is 0. The molecule has 1 amide bonds. The van der Waals surface area contributed by atoms with E-state index in [1.807, 2.05) is 0 Å². The molecular formula is C12H19N3O4. The summed E-state index contributed by atoms with van der Waals surface area (Å²) in [6.45, 7) is 5.21. The molecule has 0 fully saturated rings. The van der Waals surface area contributed by atoms with Crippen LogP contribution in [0.2, 0.25) is 0 Å². The number of aliphatic carboxylic acids is 1. The van der Waals surface area contributed by atoms with Gasteiger partial charge in [0.2, 0.25) is 0 Å². The molecule has 0 radical (unpaired) electrons. The Kier molecular flexibility index (Phi) is 4.52. The van der Waals surface area contributed by atoms with Crippen molar-refractivity contribution in [3.8, 4) is 0 Å². The number of ether oxygens (including phenoxy) is 1. The number of rotatable bonds is 4. The molecule has 0 bridgehead atoms. The lowest BCUT2D eigenvalue weighted by atomic mass is 10.1. The molecular weight excluding hydrogens is 250 g/mol. The SMILES string of the molecule is Cn1cnc([C@H](CC(=O)O)NC(=O)OC(C)(C)C)c1. The Morgan fingerprint density at radius 3 is 2.58 bits per heavy atom. The number of amides is 1. The van der Waals surface area contributed by atoms with E-state index in [9.17, 15) is 9.59 Å². The van der Waals surface area contributed by atoms with Crippen LogP contribution in [0.5, 0.6) is 0 Å². The molecule has 0 aliphatic rings. The van der Waals surface area contributed by atoms with Crippen molar-refractivity contribution in [1.29, 1.82) is 0 Å². The fraction of sp³-hybridized carbons (Fsp3) is 0.583. The molecule has 1 atom stereocenters. The van der Waals surface area contributed by atoms with Gasteiger partial charge in [0.1, 0.15) is 5.60 Å². The van der Waals surface area contributed by atoms with Crippen LogP contribution in [0.25, 0.3) is 0 Å². The largest absolute Gasteiger partial charge is 0.481 e. The molecule has 1 aromatic rings. The van der Waals surface area contributed by atoms with Crippen molar-refractivity contribution < 1.29 is 19.4 Å². The molecule has 0 saturated heterocycles. The smallest absolute Gasteiger partial charge is 0.408 e. The average molecular weight is 269 g/mol. The lowest BCUT2D eigenvalue weighted by Gasteiger charge is -2.22. The first kappa shape index (κ1) is 15.0. The molecule has 1 rings (SSSR count). The van der Waals surface area contributed by atoms with Gasteiger partial charge in [-0.3, -0.25) is 4.79 Å². The maximum absolute atomic E-state index is 11.7. The highest BCUT2D eigenvalue weighted by atomic mass is 16.6. The third-order valence-electron chi connectivity index (χ3n) is 2.15. The number of nitrogens with zero attached hydrogens (tertiary/aromatic N) is 2. The molecule has 1 heterocycles. The third-order valence-corrected chi connectivity index (χ3v) is 2.15. The van der Waals surface area contributed by atoms with Gasteiger partial charge in [-0.25, -0.2) is 9.78 Å². The Labute approximate surface area is 111 Å². The number of aryl methyl sites for hydroxylation is 1. The number of aromatic nitrogens is 2. The van der Waals surface area contributed by atoms with E-state index in [2.05, 4.69) is 10.3 Å². The number of carbonyl (C=O) groups is 2. The quantitative estimate of drug-likeness (QED) is 0.863. The van der Waals surface area contributed by atoms with Crippen LogP contribution >= 0.6 is 0 Å². The number of nitrogens with one attached hydrogen (secondary N) is 1. The molecule has 0 aliphatic heterocycles. The van der Waals surface area contributed by atoms with Gasteiger partial charge in [-0.15, -0.1) is 0 Å². The summed E-state index contributed by atoms with van der Waals surface area (Å²) in [6, 6.07) is -0.714. The summed E-state index contributed by atoms with van der Waals surface area (Å²) in [7, 11) is 1.77. The van der Waals surface area contributed by atoms with Crippen LogP contribution in [0.15, 0.2) is 12.5 Å². The predicted molar refractivity (Wildman–Crippen MR) is 67.6 cm³/mol. The number of alkyl carbamates (subject to hydrolysis) is 1. The van der Waals surface area contributed by atoms with E-state index in [4.69, 9.17) is 9.84 Å². The minimum Gasteiger partial charge on any atom is -0.481 e. The number of imidazole rings is 1. The summed E-state index contributed by atoms with van der Waals surface area (Å²) in [5, 5.41) is 11.4. The summed E-state index contributed by atoms with van der Waals surface area (Å²) in [4.78, 5) is 26.5. The van der Waals surface area contributed by atoms with Crippen molar-refractivity contribution in [3.63, 3.8) is 0 Å². The Morgan fingerprint density at radius 1 is 1.53 bits per heavy atom. The monoisotopic (exact) mass is 269 g/mol. The van der Waals surface area contributed by atoms with Crippen LogP contribution in [-0.4, -0.2) is 32.3 Å². The number of carboxylic acids is 1. The normalized spacial score (nSPS) is 12.8. The lowest BCUT2D eigenvalue weighted by molar-refractivity contribution is -0.137. The lowest BCUT2D eigenvalue weighted by Crippen LogP contribution is -2.36. The second kappa shape index (κ2) is 5.73.